The van der Waals surface area contributed by atoms with E-state index < -0.39 is 97.5 Å². The van der Waals surface area contributed by atoms with Crippen molar-refractivity contribution in [3.05, 3.63) is 0 Å². The van der Waals surface area contributed by atoms with Crippen LogP contribution in [0.1, 0.15) is 317 Å². The predicted molar refractivity (Wildman–Crippen MR) is 322 cm³/mol. The minimum atomic E-state index is -4.94. The van der Waals surface area contributed by atoms with Gasteiger partial charge in [-0.15, -0.1) is 0 Å². The van der Waals surface area contributed by atoms with Gasteiger partial charge in [-0.2, -0.15) is 0 Å². The fourth-order valence-corrected chi connectivity index (χ4v) is 10.9. The molecule has 5 atom stereocenters. The lowest BCUT2D eigenvalue weighted by atomic mass is 10.0. The maximum Gasteiger partial charge on any atom is 0.472 e. The molecule has 17 nitrogen and oxygen atoms in total. The summed E-state index contributed by atoms with van der Waals surface area (Å²) < 4.78 is 67.7. The third kappa shape index (κ3) is 56.9. The summed E-state index contributed by atoms with van der Waals surface area (Å²) in [6.07, 6.45) is 42.1. The van der Waals surface area contributed by atoms with Gasteiger partial charge in [0, 0.05) is 25.7 Å². The zero-order chi connectivity index (χ0) is 59.8. The van der Waals surface area contributed by atoms with Crippen LogP contribution in [0.4, 0.5) is 0 Å². The zero-order valence-electron chi connectivity index (χ0n) is 51.7. The van der Waals surface area contributed by atoms with Gasteiger partial charge in [0.25, 0.3) is 0 Å². The first-order valence-electron chi connectivity index (χ1n) is 32.8. The molecule has 0 rings (SSSR count). The van der Waals surface area contributed by atoms with Gasteiger partial charge in [0.2, 0.25) is 0 Å². The molecular formula is C62H120O17P2. The van der Waals surface area contributed by atoms with E-state index in [1.807, 2.05) is 0 Å². The maximum atomic E-state index is 13.0. The topological polar surface area (TPSA) is 237 Å². The van der Waals surface area contributed by atoms with E-state index >= 15 is 0 Å². The number of aliphatic hydroxyl groups excluding tert-OH is 1. The number of phosphoric acid groups is 2. The number of esters is 4. The first kappa shape index (κ1) is 79.1. The Morgan fingerprint density at radius 2 is 0.494 bits per heavy atom. The van der Waals surface area contributed by atoms with Crippen LogP contribution in [-0.4, -0.2) is 96.7 Å². The number of unbranched alkanes of at least 4 members (excludes halogenated alkanes) is 37. The molecule has 480 valence electrons. The van der Waals surface area contributed by atoms with Crippen molar-refractivity contribution in [2.24, 2.45) is 0 Å². The van der Waals surface area contributed by atoms with Gasteiger partial charge in [0.15, 0.2) is 12.2 Å². The van der Waals surface area contributed by atoms with Gasteiger partial charge in [-0.25, -0.2) is 9.13 Å². The molecule has 0 heterocycles. The Bertz CT molecular complexity index is 1570. The molecule has 0 radical (unpaired) electrons. The molecule has 0 aliphatic carbocycles. The summed E-state index contributed by atoms with van der Waals surface area (Å²) in [6, 6.07) is 0. The summed E-state index contributed by atoms with van der Waals surface area (Å²) in [7, 11) is -9.87. The van der Waals surface area contributed by atoms with Crippen LogP contribution in [0, 0.1) is 0 Å². The lowest BCUT2D eigenvalue weighted by Gasteiger charge is -2.21. The molecule has 0 fully saturated rings. The minimum absolute atomic E-state index is 0.104. The lowest BCUT2D eigenvalue weighted by molar-refractivity contribution is -0.161. The van der Waals surface area contributed by atoms with Crippen LogP contribution in [0.25, 0.3) is 0 Å². The van der Waals surface area contributed by atoms with E-state index in [2.05, 4.69) is 27.7 Å². The molecule has 0 aromatic carbocycles. The van der Waals surface area contributed by atoms with E-state index in [1.54, 1.807) is 0 Å². The van der Waals surface area contributed by atoms with Gasteiger partial charge < -0.3 is 33.8 Å². The van der Waals surface area contributed by atoms with Crippen LogP contribution in [0.2, 0.25) is 0 Å². The van der Waals surface area contributed by atoms with Gasteiger partial charge in [-0.1, -0.05) is 265 Å². The number of carbonyl (C=O) groups excluding carboxylic acids is 4. The Morgan fingerprint density at radius 1 is 0.296 bits per heavy atom. The number of hydrogen-bond acceptors (Lipinski definition) is 15. The van der Waals surface area contributed by atoms with E-state index in [1.165, 1.54) is 135 Å². The molecule has 0 bridgehead atoms. The molecule has 0 spiro atoms. The average molecular weight is 1200 g/mol. The van der Waals surface area contributed by atoms with E-state index in [0.717, 1.165) is 103 Å². The van der Waals surface area contributed by atoms with Crippen LogP contribution in [0.5, 0.6) is 0 Å². The zero-order valence-corrected chi connectivity index (χ0v) is 53.5. The summed E-state index contributed by atoms with van der Waals surface area (Å²) in [5, 5.41) is 10.5. The number of phosphoric ester groups is 2. The Hall–Kier alpha value is -1.94. The Morgan fingerprint density at radius 3 is 0.728 bits per heavy atom. The second kappa shape index (κ2) is 57.2. The molecule has 0 aliphatic rings. The van der Waals surface area contributed by atoms with E-state index in [0.29, 0.717) is 25.7 Å². The highest BCUT2D eigenvalue weighted by atomic mass is 31.2. The number of rotatable bonds is 63. The molecule has 2 unspecified atom stereocenters. The van der Waals surface area contributed by atoms with Crippen LogP contribution < -0.4 is 0 Å². The molecule has 0 saturated heterocycles. The minimum Gasteiger partial charge on any atom is -0.462 e. The molecule has 3 N–H and O–H groups in total. The summed E-state index contributed by atoms with van der Waals surface area (Å²) in [6.45, 7) is 4.77. The van der Waals surface area contributed by atoms with Crippen molar-refractivity contribution in [1.29, 1.82) is 0 Å². The number of ether oxygens (including phenoxy) is 4. The average Bonchev–Trinajstić information content (AvgIpc) is 3.44. The predicted octanol–water partition coefficient (Wildman–Crippen LogP) is 17.2. The normalized spacial score (nSPS) is 14.2. The lowest BCUT2D eigenvalue weighted by Crippen LogP contribution is -2.30. The van der Waals surface area contributed by atoms with Crippen LogP contribution >= 0.6 is 15.6 Å². The quantitative estimate of drug-likeness (QED) is 0.0222. The Kier molecular flexibility index (Phi) is 55.8. The number of hydrogen-bond donors (Lipinski definition) is 3. The van der Waals surface area contributed by atoms with Gasteiger partial charge in [-0.05, 0) is 25.7 Å². The van der Waals surface area contributed by atoms with E-state index in [-0.39, 0.29) is 25.7 Å². The fraction of sp³-hybridized carbons (Fsp3) is 0.935. The maximum absolute atomic E-state index is 13.0. The van der Waals surface area contributed by atoms with E-state index in [4.69, 9.17) is 37.0 Å². The van der Waals surface area contributed by atoms with Crippen LogP contribution in [0.3, 0.4) is 0 Å². The van der Waals surface area contributed by atoms with Gasteiger partial charge >= 0.3 is 39.5 Å². The monoisotopic (exact) mass is 1200 g/mol. The van der Waals surface area contributed by atoms with Crippen molar-refractivity contribution in [2.45, 2.75) is 335 Å². The van der Waals surface area contributed by atoms with Crippen molar-refractivity contribution in [3.63, 3.8) is 0 Å². The van der Waals surface area contributed by atoms with Gasteiger partial charge in [0.1, 0.15) is 19.3 Å². The Balaban J connectivity index is 5.15. The third-order valence-electron chi connectivity index (χ3n) is 14.4. The molecular weight excluding hydrogens is 1080 g/mol. The second-order valence-corrected chi connectivity index (χ2v) is 25.4. The van der Waals surface area contributed by atoms with Crippen LogP contribution in [0.15, 0.2) is 0 Å². The summed E-state index contributed by atoms with van der Waals surface area (Å²) in [5.41, 5.74) is 0. The van der Waals surface area contributed by atoms with E-state index in [9.17, 15) is 43.2 Å². The molecule has 81 heavy (non-hydrogen) atoms. The molecule has 0 aliphatic heterocycles. The largest absolute Gasteiger partial charge is 0.472 e. The van der Waals surface area contributed by atoms with Gasteiger partial charge in [0.05, 0.1) is 26.4 Å². The molecule has 0 aromatic heterocycles. The van der Waals surface area contributed by atoms with Crippen LogP contribution in [-0.2, 0) is 65.4 Å². The summed E-state index contributed by atoms with van der Waals surface area (Å²) in [4.78, 5) is 71.8. The fourth-order valence-electron chi connectivity index (χ4n) is 9.28. The molecule has 19 heteroatoms. The second-order valence-electron chi connectivity index (χ2n) is 22.4. The van der Waals surface area contributed by atoms with Crippen molar-refractivity contribution in [1.82, 2.24) is 0 Å². The van der Waals surface area contributed by atoms with Crippen molar-refractivity contribution in [3.8, 4) is 0 Å². The standard InChI is InChI=1S/C62H120O17P2/c1-5-9-13-17-20-23-25-27-28-29-30-32-34-37-41-45-49-62(67)79-58(53-73-60(65)47-43-39-36-33-31-26-24-21-18-14-10-6-2)55-77-81(70,71)75-51-56(63)50-74-80(68,69)76-54-57(52-72-59(64)46-42-38-16-12-8-4)78-61(66)48-44-40-35-22-19-15-11-7-3/h56-58,63H,5-55H2,1-4H3,(H,68,69)(H,70,71)/t56-,57+,58+/m0/s1. The van der Waals surface area contributed by atoms with Gasteiger partial charge in [-0.3, -0.25) is 37.3 Å². The highest BCUT2D eigenvalue weighted by Gasteiger charge is 2.30. The smallest absolute Gasteiger partial charge is 0.462 e. The first-order chi connectivity index (χ1) is 39.2. The SMILES string of the molecule is CCCCCCCCCCCCCCCCCCC(=O)O[C@H](COC(=O)CCCCCCCCCCCCCC)COP(=O)(O)OC[C@@H](O)COP(=O)(O)OC[C@@H](COC(=O)CCCCCCC)OC(=O)CCCCCCCCCC. The number of carbonyl (C=O) groups is 4. The molecule has 0 saturated carbocycles. The summed E-state index contributed by atoms with van der Waals surface area (Å²) >= 11 is 0. The van der Waals surface area contributed by atoms with Crippen molar-refractivity contribution in [2.75, 3.05) is 39.6 Å². The number of aliphatic hydroxyl groups is 1. The summed E-state index contributed by atoms with van der Waals surface area (Å²) in [5.74, 6) is -2.15. The van der Waals surface area contributed by atoms with Crippen molar-refractivity contribution < 1.29 is 80.2 Å². The molecule has 0 aromatic rings. The first-order valence-corrected chi connectivity index (χ1v) is 35.8. The highest BCUT2D eigenvalue weighted by Crippen LogP contribution is 2.45. The highest BCUT2D eigenvalue weighted by molar-refractivity contribution is 7.47. The Labute approximate surface area is 492 Å². The van der Waals surface area contributed by atoms with Crippen molar-refractivity contribution >= 4 is 39.5 Å². The third-order valence-corrected chi connectivity index (χ3v) is 16.3. The molecule has 0 amide bonds.